The highest BCUT2D eigenvalue weighted by Gasteiger charge is 2.31. The Labute approximate surface area is 204 Å². The molecule has 2 heterocycles. The van der Waals surface area contributed by atoms with Gasteiger partial charge in [-0.1, -0.05) is 19.1 Å². The third-order valence-corrected chi connectivity index (χ3v) is 9.01. The number of sulfonamides is 1. The van der Waals surface area contributed by atoms with Crippen LogP contribution < -0.4 is 5.32 Å². The highest BCUT2D eigenvalue weighted by atomic mass is 32.2. The van der Waals surface area contributed by atoms with E-state index in [4.69, 9.17) is 0 Å². The summed E-state index contributed by atoms with van der Waals surface area (Å²) in [5.41, 5.74) is 1.62. The molecule has 2 amide bonds. The van der Waals surface area contributed by atoms with Crippen LogP contribution in [0.4, 0.5) is 0 Å². The zero-order valence-electron chi connectivity index (χ0n) is 20.9. The number of piperazine rings is 1. The molecule has 190 valence electrons. The van der Waals surface area contributed by atoms with E-state index in [1.807, 2.05) is 19.1 Å². The van der Waals surface area contributed by atoms with Crippen molar-refractivity contribution >= 4 is 21.8 Å². The zero-order valence-corrected chi connectivity index (χ0v) is 21.7. The minimum atomic E-state index is -3.59. The van der Waals surface area contributed by atoms with Crippen LogP contribution in [0, 0.1) is 19.8 Å². The fourth-order valence-corrected chi connectivity index (χ4v) is 6.32. The second-order valence-electron chi connectivity index (χ2n) is 9.78. The average molecular weight is 493 g/mol. The van der Waals surface area contributed by atoms with E-state index in [1.165, 1.54) is 17.1 Å². The topological polar surface area (TPSA) is 90.0 Å². The lowest BCUT2D eigenvalue weighted by Gasteiger charge is -2.34. The monoisotopic (exact) mass is 492 g/mol. The van der Waals surface area contributed by atoms with Crippen LogP contribution in [0.1, 0.15) is 50.2 Å². The predicted octanol–water partition coefficient (Wildman–Crippen LogP) is 2.15. The van der Waals surface area contributed by atoms with E-state index in [0.29, 0.717) is 24.5 Å². The third kappa shape index (κ3) is 7.26. The van der Waals surface area contributed by atoms with Gasteiger partial charge in [-0.3, -0.25) is 9.59 Å². The summed E-state index contributed by atoms with van der Waals surface area (Å²) in [6.45, 7) is 11.1. The lowest BCUT2D eigenvalue weighted by Crippen LogP contribution is -2.50. The van der Waals surface area contributed by atoms with Gasteiger partial charge >= 0.3 is 0 Å². The first-order chi connectivity index (χ1) is 16.2. The Bertz CT molecular complexity index is 950. The van der Waals surface area contributed by atoms with Crippen molar-refractivity contribution in [2.45, 2.75) is 57.8 Å². The van der Waals surface area contributed by atoms with Gasteiger partial charge < -0.3 is 15.1 Å². The lowest BCUT2D eigenvalue weighted by atomic mass is 9.99. The molecule has 0 unspecified atom stereocenters. The Morgan fingerprint density at radius 3 is 2.35 bits per heavy atom. The van der Waals surface area contributed by atoms with E-state index in [9.17, 15) is 18.0 Å². The summed E-state index contributed by atoms with van der Waals surface area (Å²) in [6.07, 6.45) is 3.74. The second-order valence-corrected chi connectivity index (χ2v) is 11.7. The van der Waals surface area contributed by atoms with Gasteiger partial charge in [-0.15, -0.1) is 0 Å². The molecular formula is C25H40N4O4S. The molecule has 2 aliphatic rings. The molecule has 1 N–H and O–H groups in total. The van der Waals surface area contributed by atoms with Crippen molar-refractivity contribution in [3.8, 4) is 0 Å². The predicted molar refractivity (Wildman–Crippen MR) is 133 cm³/mol. The van der Waals surface area contributed by atoms with Gasteiger partial charge in [0.15, 0.2) is 0 Å². The molecule has 3 rings (SSSR count). The van der Waals surface area contributed by atoms with Crippen LogP contribution >= 0.6 is 0 Å². The van der Waals surface area contributed by atoms with Crippen LogP contribution in [0.25, 0.3) is 0 Å². The number of amides is 2. The summed E-state index contributed by atoms with van der Waals surface area (Å²) < 4.78 is 27.6. The molecule has 0 saturated carbocycles. The van der Waals surface area contributed by atoms with Crippen LogP contribution in [0.5, 0.6) is 0 Å². The van der Waals surface area contributed by atoms with E-state index in [-0.39, 0.29) is 37.7 Å². The van der Waals surface area contributed by atoms with Gasteiger partial charge in [0.1, 0.15) is 0 Å². The van der Waals surface area contributed by atoms with Crippen molar-refractivity contribution in [1.82, 2.24) is 19.4 Å². The molecule has 8 nitrogen and oxygen atoms in total. The summed E-state index contributed by atoms with van der Waals surface area (Å²) in [5.74, 6) is 0.622. The standard InChI is InChI=1S/C25H40N4O4S/c1-20-9-13-27(14-10-20)12-4-11-26-24(30)7-8-25(31)28-15-17-29(18-16-28)34(32,33)23-19-21(2)5-6-22(23)3/h5-6,19-20H,4,7-18H2,1-3H3,(H,26,30). The first kappa shape index (κ1) is 26.6. The number of hydrogen-bond acceptors (Lipinski definition) is 5. The molecule has 0 radical (unpaired) electrons. The van der Waals surface area contributed by atoms with Crippen molar-refractivity contribution in [1.29, 1.82) is 0 Å². The smallest absolute Gasteiger partial charge is 0.243 e. The van der Waals surface area contributed by atoms with Crippen LogP contribution in [-0.2, 0) is 19.6 Å². The fraction of sp³-hybridized carbons (Fsp3) is 0.680. The van der Waals surface area contributed by atoms with Gasteiger partial charge in [0.2, 0.25) is 21.8 Å². The summed E-state index contributed by atoms with van der Waals surface area (Å²) >= 11 is 0. The second kappa shape index (κ2) is 12.1. The molecule has 1 aromatic carbocycles. The van der Waals surface area contributed by atoms with Gasteiger partial charge in [-0.05, 0) is 75.9 Å². The molecule has 9 heteroatoms. The highest BCUT2D eigenvalue weighted by molar-refractivity contribution is 7.89. The number of carbonyl (C=O) groups excluding carboxylic acids is 2. The molecule has 34 heavy (non-hydrogen) atoms. The Balaban J connectivity index is 1.35. The first-order valence-corrected chi connectivity index (χ1v) is 13.9. The van der Waals surface area contributed by atoms with Gasteiger partial charge in [0.25, 0.3) is 0 Å². The molecule has 0 bridgehead atoms. The van der Waals surface area contributed by atoms with Gasteiger partial charge in [0.05, 0.1) is 4.90 Å². The molecular weight excluding hydrogens is 452 g/mol. The quantitative estimate of drug-likeness (QED) is 0.534. The Hall–Kier alpha value is -1.97. The summed E-state index contributed by atoms with van der Waals surface area (Å²) in [5, 5.41) is 2.92. The van der Waals surface area contributed by atoms with Crippen LogP contribution in [0.3, 0.4) is 0 Å². The molecule has 0 atom stereocenters. The largest absolute Gasteiger partial charge is 0.356 e. The van der Waals surface area contributed by atoms with Gasteiger partial charge in [-0.2, -0.15) is 4.31 Å². The Morgan fingerprint density at radius 1 is 1.00 bits per heavy atom. The number of benzene rings is 1. The number of rotatable bonds is 9. The lowest BCUT2D eigenvalue weighted by molar-refractivity contribution is -0.134. The average Bonchev–Trinajstić information content (AvgIpc) is 2.83. The maximum Gasteiger partial charge on any atom is 0.243 e. The Morgan fingerprint density at radius 2 is 1.68 bits per heavy atom. The number of likely N-dealkylation sites (tertiary alicyclic amines) is 1. The zero-order chi connectivity index (χ0) is 24.7. The van der Waals surface area contributed by atoms with Crippen molar-refractivity contribution in [2.24, 2.45) is 5.92 Å². The van der Waals surface area contributed by atoms with Gasteiger partial charge in [0, 0.05) is 45.6 Å². The SMILES string of the molecule is Cc1ccc(C)c(S(=O)(=O)N2CCN(C(=O)CCC(=O)NCCCN3CCC(C)CC3)CC2)c1. The number of carbonyl (C=O) groups is 2. The molecule has 2 aliphatic heterocycles. The third-order valence-electron chi connectivity index (χ3n) is 6.97. The van der Waals surface area contributed by atoms with Crippen molar-refractivity contribution in [2.75, 3.05) is 52.4 Å². The normalized spacial score (nSPS) is 18.7. The minimum Gasteiger partial charge on any atom is -0.356 e. The van der Waals surface area contributed by atoms with E-state index < -0.39 is 10.0 Å². The molecule has 0 spiro atoms. The molecule has 2 fully saturated rings. The number of piperidine rings is 1. The molecule has 0 aliphatic carbocycles. The number of nitrogens with one attached hydrogen (secondary N) is 1. The number of hydrogen-bond donors (Lipinski definition) is 1. The number of nitrogens with zero attached hydrogens (tertiary/aromatic N) is 3. The fourth-order valence-electron chi connectivity index (χ4n) is 4.59. The van der Waals surface area contributed by atoms with Crippen molar-refractivity contribution in [3.63, 3.8) is 0 Å². The van der Waals surface area contributed by atoms with Crippen molar-refractivity contribution < 1.29 is 18.0 Å². The van der Waals surface area contributed by atoms with E-state index in [0.717, 1.165) is 43.1 Å². The minimum absolute atomic E-state index is 0.0960. The summed E-state index contributed by atoms with van der Waals surface area (Å²) in [4.78, 5) is 29.2. The Kier molecular flexibility index (Phi) is 9.50. The van der Waals surface area contributed by atoms with E-state index in [2.05, 4.69) is 17.1 Å². The van der Waals surface area contributed by atoms with Crippen LogP contribution in [-0.4, -0.2) is 86.7 Å². The van der Waals surface area contributed by atoms with Gasteiger partial charge in [-0.25, -0.2) is 8.42 Å². The number of aryl methyl sites for hydroxylation is 2. The molecule has 2 saturated heterocycles. The van der Waals surface area contributed by atoms with Crippen molar-refractivity contribution in [3.05, 3.63) is 29.3 Å². The van der Waals surface area contributed by atoms with Crippen LogP contribution in [0.15, 0.2) is 23.1 Å². The maximum absolute atomic E-state index is 13.1. The highest BCUT2D eigenvalue weighted by Crippen LogP contribution is 2.22. The summed E-state index contributed by atoms with van der Waals surface area (Å²) in [6, 6.07) is 5.42. The molecule has 1 aromatic rings. The van der Waals surface area contributed by atoms with Crippen LogP contribution in [0.2, 0.25) is 0 Å². The van der Waals surface area contributed by atoms with E-state index in [1.54, 1.807) is 17.9 Å². The summed E-state index contributed by atoms with van der Waals surface area (Å²) in [7, 11) is -3.59. The van der Waals surface area contributed by atoms with E-state index >= 15 is 0 Å². The molecule has 0 aromatic heterocycles. The maximum atomic E-state index is 13.1. The first-order valence-electron chi connectivity index (χ1n) is 12.5.